The summed E-state index contributed by atoms with van der Waals surface area (Å²) < 4.78 is 0. The average molecular weight is 141 g/mol. The number of nitrogens with zero attached hydrogens (tertiary/aromatic N) is 1. The van der Waals surface area contributed by atoms with Gasteiger partial charge in [0.15, 0.2) is 0 Å². The largest absolute Gasteiger partial charge is 0.483 e. The fourth-order valence-corrected chi connectivity index (χ4v) is 1.02. The molecule has 0 aromatic heterocycles. The van der Waals surface area contributed by atoms with Gasteiger partial charge in [-0.3, -0.25) is 0 Å². The number of rotatable bonds is 1. The van der Waals surface area contributed by atoms with Gasteiger partial charge in [0.05, 0.1) is 0 Å². The van der Waals surface area contributed by atoms with Gasteiger partial charge in [-0.25, -0.2) is 0 Å². The van der Waals surface area contributed by atoms with E-state index in [2.05, 4.69) is 4.90 Å². The molecule has 0 aromatic carbocycles. The zero-order valence-electron chi connectivity index (χ0n) is 6.12. The van der Waals surface area contributed by atoms with E-state index in [0.717, 1.165) is 25.0 Å². The van der Waals surface area contributed by atoms with Gasteiger partial charge in [0.2, 0.25) is 0 Å². The molecular formula is C6H12BNO2. The van der Waals surface area contributed by atoms with Crippen LogP contribution < -0.4 is 0 Å². The molecule has 0 saturated carbocycles. The van der Waals surface area contributed by atoms with Crippen molar-refractivity contribution in [3.63, 3.8) is 0 Å². The first-order chi connectivity index (χ1) is 4.70. The molecule has 0 amide bonds. The van der Waals surface area contributed by atoms with E-state index in [-0.39, 0.29) is 0 Å². The van der Waals surface area contributed by atoms with Crippen molar-refractivity contribution >= 4 is 7.12 Å². The normalized spacial score (nSPS) is 20.5. The molecule has 1 aliphatic rings. The molecule has 0 aliphatic carbocycles. The Morgan fingerprint density at radius 3 is 2.70 bits per heavy atom. The van der Waals surface area contributed by atoms with Crippen LogP contribution in [0.4, 0.5) is 0 Å². The zero-order valence-corrected chi connectivity index (χ0v) is 6.12. The van der Waals surface area contributed by atoms with Gasteiger partial charge in [-0.1, -0.05) is 6.08 Å². The first-order valence-corrected chi connectivity index (χ1v) is 3.44. The van der Waals surface area contributed by atoms with Gasteiger partial charge in [0, 0.05) is 13.1 Å². The lowest BCUT2D eigenvalue weighted by molar-refractivity contribution is 0.351. The third-order valence-electron chi connectivity index (χ3n) is 1.78. The van der Waals surface area contributed by atoms with Gasteiger partial charge in [-0.2, -0.15) is 0 Å². The van der Waals surface area contributed by atoms with Crippen molar-refractivity contribution in [2.45, 2.75) is 6.42 Å². The summed E-state index contributed by atoms with van der Waals surface area (Å²) in [5.74, 6) is 0. The van der Waals surface area contributed by atoms with Crippen LogP contribution in [0.25, 0.3) is 0 Å². The highest BCUT2D eigenvalue weighted by Crippen LogP contribution is 2.09. The van der Waals surface area contributed by atoms with Gasteiger partial charge >= 0.3 is 7.12 Å². The second-order valence-corrected chi connectivity index (χ2v) is 2.66. The van der Waals surface area contributed by atoms with Crippen molar-refractivity contribution in [1.82, 2.24) is 4.90 Å². The Hall–Kier alpha value is -0.315. The maximum absolute atomic E-state index is 8.73. The minimum atomic E-state index is -1.24. The molecule has 4 heteroatoms. The van der Waals surface area contributed by atoms with Crippen LogP contribution in [0.5, 0.6) is 0 Å². The van der Waals surface area contributed by atoms with Crippen molar-refractivity contribution in [2.24, 2.45) is 0 Å². The predicted molar refractivity (Wildman–Crippen MR) is 40.4 cm³/mol. The molecule has 1 heterocycles. The van der Waals surface area contributed by atoms with Crippen LogP contribution >= 0.6 is 0 Å². The van der Waals surface area contributed by atoms with E-state index in [0.29, 0.717) is 0 Å². The number of hydrogen-bond donors (Lipinski definition) is 2. The molecule has 1 rings (SSSR count). The smallest absolute Gasteiger partial charge is 0.423 e. The highest BCUT2D eigenvalue weighted by atomic mass is 16.4. The van der Waals surface area contributed by atoms with Crippen molar-refractivity contribution in [3.8, 4) is 0 Å². The highest BCUT2D eigenvalue weighted by Gasteiger charge is 2.17. The quantitative estimate of drug-likeness (QED) is 0.472. The van der Waals surface area contributed by atoms with Gasteiger partial charge in [-0.05, 0) is 18.9 Å². The predicted octanol–water partition coefficient (Wildman–Crippen LogP) is -0.740. The molecule has 1 aliphatic heterocycles. The lowest BCUT2D eigenvalue weighted by Gasteiger charge is -2.21. The van der Waals surface area contributed by atoms with E-state index in [4.69, 9.17) is 10.0 Å². The van der Waals surface area contributed by atoms with Crippen LogP contribution in [0, 0.1) is 0 Å². The fraction of sp³-hybridized carbons (Fsp3) is 0.667. The molecule has 0 saturated heterocycles. The summed E-state index contributed by atoms with van der Waals surface area (Å²) in [6.45, 7) is 1.75. The Labute approximate surface area is 61.1 Å². The highest BCUT2D eigenvalue weighted by molar-refractivity contribution is 6.50. The molecule has 2 N–H and O–H groups in total. The Morgan fingerprint density at radius 2 is 2.30 bits per heavy atom. The molecule has 0 unspecified atom stereocenters. The molecule has 0 radical (unpaired) electrons. The molecule has 0 fully saturated rings. The molecule has 0 spiro atoms. The molecule has 0 aromatic rings. The van der Waals surface area contributed by atoms with Gasteiger partial charge < -0.3 is 14.9 Å². The molecular weight excluding hydrogens is 129 g/mol. The standard InChI is InChI=1S/C6H12BNO2/c1-8-4-2-6(3-5-8)7(9)10/h2,9-10H,3-5H2,1H3. The van der Waals surface area contributed by atoms with E-state index >= 15 is 0 Å². The summed E-state index contributed by atoms with van der Waals surface area (Å²) in [5, 5.41) is 17.5. The fourth-order valence-electron chi connectivity index (χ4n) is 1.02. The lowest BCUT2D eigenvalue weighted by atomic mass is 9.76. The average Bonchev–Trinajstić information content (AvgIpc) is 1.88. The molecule has 0 bridgehead atoms. The second kappa shape index (κ2) is 3.19. The van der Waals surface area contributed by atoms with E-state index in [9.17, 15) is 0 Å². The summed E-state index contributed by atoms with van der Waals surface area (Å²) in [5.41, 5.74) is 0.748. The minimum Gasteiger partial charge on any atom is -0.423 e. The zero-order chi connectivity index (χ0) is 7.56. The van der Waals surface area contributed by atoms with Crippen LogP contribution in [-0.4, -0.2) is 42.2 Å². The Kier molecular flexibility index (Phi) is 2.48. The van der Waals surface area contributed by atoms with Crippen molar-refractivity contribution < 1.29 is 10.0 Å². The van der Waals surface area contributed by atoms with Crippen molar-refractivity contribution in [2.75, 3.05) is 20.1 Å². The third kappa shape index (κ3) is 1.83. The lowest BCUT2D eigenvalue weighted by Crippen LogP contribution is -2.29. The van der Waals surface area contributed by atoms with E-state index < -0.39 is 7.12 Å². The monoisotopic (exact) mass is 141 g/mol. The summed E-state index contributed by atoms with van der Waals surface area (Å²) in [6.07, 6.45) is 2.64. The number of likely N-dealkylation sites (N-methyl/N-ethyl adjacent to an activating group) is 1. The van der Waals surface area contributed by atoms with E-state index in [1.165, 1.54) is 0 Å². The van der Waals surface area contributed by atoms with Crippen LogP contribution in [0.3, 0.4) is 0 Å². The first-order valence-electron chi connectivity index (χ1n) is 3.44. The Morgan fingerprint density at radius 1 is 1.60 bits per heavy atom. The Bertz CT molecular complexity index is 147. The van der Waals surface area contributed by atoms with Crippen LogP contribution in [-0.2, 0) is 0 Å². The molecule has 10 heavy (non-hydrogen) atoms. The third-order valence-corrected chi connectivity index (χ3v) is 1.78. The van der Waals surface area contributed by atoms with Gasteiger partial charge in [0.1, 0.15) is 0 Å². The van der Waals surface area contributed by atoms with Crippen molar-refractivity contribution in [1.29, 1.82) is 0 Å². The minimum absolute atomic E-state index is 0.748. The van der Waals surface area contributed by atoms with Crippen LogP contribution in [0.15, 0.2) is 11.5 Å². The van der Waals surface area contributed by atoms with Crippen LogP contribution in [0.1, 0.15) is 6.42 Å². The first kappa shape index (κ1) is 7.79. The Balaban J connectivity index is 2.48. The molecule has 56 valence electrons. The second-order valence-electron chi connectivity index (χ2n) is 2.66. The summed E-state index contributed by atoms with van der Waals surface area (Å²) in [7, 11) is 0.769. The summed E-state index contributed by atoms with van der Waals surface area (Å²) >= 11 is 0. The van der Waals surface area contributed by atoms with Crippen molar-refractivity contribution in [3.05, 3.63) is 11.5 Å². The summed E-state index contributed by atoms with van der Waals surface area (Å²) in [4.78, 5) is 2.13. The van der Waals surface area contributed by atoms with Gasteiger partial charge in [0.25, 0.3) is 0 Å². The SMILES string of the molecule is CN1CC=C(B(O)O)CC1. The topological polar surface area (TPSA) is 43.7 Å². The molecule has 3 nitrogen and oxygen atoms in total. The maximum atomic E-state index is 8.73. The van der Waals surface area contributed by atoms with Gasteiger partial charge in [-0.15, -0.1) is 0 Å². The maximum Gasteiger partial charge on any atom is 0.483 e. The summed E-state index contributed by atoms with van der Waals surface area (Å²) in [6, 6.07) is 0. The van der Waals surface area contributed by atoms with E-state index in [1.54, 1.807) is 0 Å². The molecule has 0 atom stereocenters. The van der Waals surface area contributed by atoms with Crippen LogP contribution in [0.2, 0.25) is 0 Å². The number of hydrogen-bond acceptors (Lipinski definition) is 3. The van der Waals surface area contributed by atoms with E-state index in [1.807, 2.05) is 13.1 Å².